The van der Waals surface area contributed by atoms with E-state index in [1.165, 1.54) is 12.3 Å². The summed E-state index contributed by atoms with van der Waals surface area (Å²) in [4.78, 5) is 27.8. The summed E-state index contributed by atoms with van der Waals surface area (Å²) in [6.07, 6.45) is 2.24. The summed E-state index contributed by atoms with van der Waals surface area (Å²) in [5, 5.41) is 15.7. The van der Waals surface area contributed by atoms with Gasteiger partial charge in [-0.3, -0.25) is 10.1 Å². The lowest BCUT2D eigenvalue weighted by atomic mass is 10.3. The van der Waals surface area contributed by atoms with Crippen molar-refractivity contribution in [3.05, 3.63) is 42.2 Å². The van der Waals surface area contributed by atoms with E-state index in [9.17, 15) is 9.59 Å². The average Bonchev–Trinajstić information content (AvgIpc) is 3.13. The van der Waals surface area contributed by atoms with Crippen LogP contribution in [0.15, 0.2) is 36.5 Å². The average molecular weight is 327 g/mol. The SMILES string of the molecule is CCCn1c(NC(=O)Cn2nccc2C(=O)O)nc2ccccc21. The van der Waals surface area contributed by atoms with Crippen molar-refractivity contribution in [3.63, 3.8) is 0 Å². The van der Waals surface area contributed by atoms with Gasteiger partial charge in [0.2, 0.25) is 11.9 Å². The number of nitrogens with zero attached hydrogens (tertiary/aromatic N) is 4. The first kappa shape index (κ1) is 15.7. The highest BCUT2D eigenvalue weighted by molar-refractivity contribution is 5.92. The third-order valence-corrected chi connectivity index (χ3v) is 3.58. The molecule has 3 aromatic rings. The fourth-order valence-corrected chi connectivity index (χ4v) is 2.56. The molecule has 0 aliphatic rings. The number of fused-ring (bicyclic) bond motifs is 1. The minimum absolute atomic E-state index is 0.0350. The van der Waals surface area contributed by atoms with Gasteiger partial charge in [-0.2, -0.15) is 5.10 Å². The molecular formula is C16H17N5O3. The monoisotopic (exact) mass is 327 g/mol. The molecule has 0 radical (unpaired) electrons. The molecule has 124 valence electrons. The molecule has 0 atom stereocenters. The Morgan fingerprint density at radius 2 is 2.04 bits per heavy atom. The van der Waals surface area contributed by atoms with Gasteiger partial charge < -0.3 is 9.67 Å². The molecule has 1 aromatic carbocycles. The predicted octanol–water partition coefficient (Wildman–Crippen LogP) is 1.98. The lowest BCUT2D eigenvalue weighted by molar-refractivity contribution is -0.117. The molecule has 3 rings (SSSR count). The van der Waals surface area contributed by atoms with E-state index in [2.05, 4.69) is 15.4 Å². The van der Waals surface area contributed by atoms with Gasteiger partial charge in [-0.1, -0.05) is 19.1 Å². The largest absolute Gasteiger partial charge is 0.477 e. The van der Waals surface area contributed by atoms with Crippen molar-refractivity contribution in [2.24, 2.45) is 0 Å². The zero-order valence-corrected chi connectivity index (χ0v) is 13.1. The Labute approximate surface area is 137 Å². The zero-order chi connectivity index (χ0) is 17.1. The van der Waals surface area contributed by atoms with E-state index in [1.807, 2.05) is 35.8 Å². The van der Waals surface area contributed by atoms with Crippen molar-refractivity contribution in [1.82, 2.24) is 19.3 Å². The number of carbonyl (C=O) groups excluding carboxylic acids is 1. The lowest BCUT2D eigenvalue weighted by Gasteiger charge is -2.09. The van der Waals surface area contributed by atoms with Crippen molar-refractivity contribution < 1.29 is 14.7 Å². The number of hydrogen-bond acceptors (Lipinski definition) is 4. The first-order valence-corrected chi connectivity index (χ1v) is 7.60. The molecule has 0 spiro atoms. The molecule has 2 heterocycles. The van der Waals surface area contributed by atoms with Crippen LogP contribution in [0.1, 0.15) is 23.8 Å². The standard InChI is InChI=1S/C16H17N5O3/c1-2-9-20-12-6-4-3-5-11(12)18-16(20)19-14(22)10-21-13(15(23)24)7-8-17-21/h3-8H,2,9-10H2,1H3,(H,23,24)(H,18,19,22). The summed E-state index contributed by atoms with van der Waals surface area (Å²) in [5.74, 6) is -1.06. The number of aromatic nitrogens is 4. The molecule has 1 amide bonds. The van der Waals surface area contributed by atoms with Crippen LogP contribution in [0.2, 0.25) is 0 Å². The fourth-order valence-electron chi connectivity index (χ4n) is 2.56. The van der Waals surface area contributed by atoms with E-state index >= 15 is 0 Å². The van der Waals surface area contributed by atoms with Crippen LogP contribution in [0.5, 0.6) is 0 Å². The molecular weight excluding hydrogens is 310 g/mol. The molecule has 8 heteroatoms. The fraction of sp³-hybridized carbons (Fsp3) is 0.250. The Hall–Kier alpha value is -3.16. The Morgan fingerprint density at radius 1 is 1.25 bits per heavy atom. The molecule has 2 N–H and O–H groups in total. The highest BCUT2D eigenvalue weighted by Crippen LogP contribution is 2.20. The molecule has 0 aliphatic carbocycles. The molecule has 0 fully saturated rings. The van der Waals surface area contributed by atoms with E-state index in [0.717, 1.165) is 28.7 Å². The number of aromatic carboxylic acids is 1. The number of carboxylic acids is 1. The van der Waals surface area contributed by atoms with Crippen molar-refractivity contribution in [3.8, 4) is 0 Å². The van der Waals surface area contributed by atoms with Gasteiger partial charge in [-0.15, -0.1) is 0 Å². The predicted molar refractivity (Wildman–Crippen MR) is 87.8 cm³/mol. The Morgan fingerprint density at radius 3 is 2.79 bits per heavy atom. The molecule has 8 nitrogen and oxygen atoms in total. The van der Waals surface area contributed by atoms with Gasteiger partial charge in [0.1, 0.15) is 12.2 Å². The van der Waals surface area contributed by atoms with Gasteiger partial charge in [-0.05, 0) is 24.6 Å². The molecule has 24 heavy (non-hydrogen) atoms. The molecule has 0 saturated heterocycles. The quantitative estimate of drug-likeness (QED) is 0.721. The second-order valence-corrected chi connectivity index (χ2v) is 5.30. The van der Waals surface area contributed by atoms with E-state index < -0.39 is 5.97 Å². The summed E-state index contributed by atoms with van der Waals surface area (Å²) >= 11 is 0. The number of benzene rings is 1. The number of rotatable bonds is 6. The summed E-state index contributed by atoms with van der Waals surface area (Å²) in [7, 11) is 0. The topological polar surface area (TPSA) is 102 Å². The van der Waals surface area contributed by atoms with Gasteiger partial charge in [0.15, 0.2) is 0 Å². The van der Waals surface area contributed by atoms with Crippen LogP contribution in [-0.4, -0.2) is 36.3 Å². The Bertz CT molecular complexity index is 896. The smallest absolute Gasteiger partial charge is 0.354 e. The molecule has 0 aliphatic heterocycles. The molecule has 0 unspecified atom stereocenters. The highest BCUT2D eigenvalue weighted by Gasteiger charge is 2.16. The van der Waals surface area contributed by atoms with Crippen LogP contribution in [0.25, 0.3) is 11.0 Å². The van der Waals surface area contributed by atoms with Crippen LogP contribution < -0.4 is 5.32 Å². The van der Waals surface area contributed by atoms with Gasteiger partial charge in [0.05, 0.1) is 11.0 Å². The van der Waals surface area contributed by atoms with Gasteiger partial charge in [0.25, 0.3) is 0 Å². The summed E-state index contributed by atoms with van der Waals surface area (Å²) in [6, 6.07) is 8.99. The number of amides is 1. The van der Waals surface area contributed by atoms with Crippen molar-refractivity contribution >= 4 is 28.9 Å². The lowest BCUT2D eigenvalue weighted by Crippen LogP contribution is -2.23. The summed E-state index contributed by atoms with van der Waals surface area (Å²) in [6.45, 7) is 2.57. The van der Waals surface area contributed by atoms with E-state index in [4.69, 9.17) is 5.11 Å². The third kappa shape index (κ3) is 2.98. The van der Waals surface area contributed by atoms with Crippen LogP contribution in [0.3, 0.4) is 0 Å². The number of para-hydroxylation sites is 2. The number of aryl methyl sites for hydroxylation is 1. The Balaban J connectivity index is 1.84. The number of nitrogens with one attached hydrogen (secondary N) is 1. The number of imidazole rings is 1. The van der Waals surface area contributed by atoms with E-state index in [-0.39, 0.29) is 18.1 Å². The number of carbonyl (C=O) groups is 2. The third-order valence-electron chi connectivity index (χ3n) is 3.58. The number of carboxylic acid groups (broad SMARTS) is 1. The second-order valence-electron chi connectivity index (χ2n) is 5.30. The van der Waals surface area contributed by atoms with Crippen LogP contribution in [0.4, 0.5) is 5.95 Å². The van der Waals surface area contributed by atoms with Gasteiger partial charge in [0, 0.05) is 12.7 Å². The Kier molecular flexibility index (Phi) is 4.28. The van der Waals surface area contributed by atoms with Crippen LogP contribution in [0, 0.1) is 0 Å². The van der Waals surface area contributed by atoms with E-state index in [0.29, 0.717) is 5.95 Å². The van der Waals surface area contributed by atoms with E-state index in [1.54, 1.807) is 0 Å². The van der Waals surface area contributed by atoms with Crippen LogP contribution >= 0.6 is 0 Å². The second kappa shape index (κ2) is 6.53. The van der Waals surface area contributed by atoms with Crippen LogP contribution in [-0.2, 0) is 17.9 Å². The minimum atomic E-state index is -1.13. The maximum atomic E-state index is 12.3. The maximum absolute atomic E-state index is 12.3. The zero-order valence-electron chi connectivity index (χ0n) is 13.1. The van der Waals surface area contributed by atoms with Crippen molar-refractivity contribution in [2.45, 2.75) is 26.4 Å². The maximum Gasteiger partial charge on any atom is 0.354 e. The number of anilines is 1. The molecule has 0 saturated carbocycles. The molecule has 2 aromatic heterocycles. The number of hydrogen-bond donors (Lipinski definition) is 2. The van der Waals surface area contributed by atoms with Crippen molar-refractivity contribution in [1.29, 1.82) is 0 Å². The highest BCUT2D eigenvalue weighted by atomic mass is 16.4. The first-order valence-electron chi connectivity index (χ1n) is 7.60. The minimum Gasteiger partial charge on any atom is -0.477 e. The summed E-state index contributed by atoms with van der Waals surface area (Å²) in [5.41, 5.74) is 1.71. The van der Waals surface area contributed by atoms with Crippen molar-refractivity contribution in [2.75, 3.05) is 5.32 Å². The van der Waals surface area contributed by atoms with Gasteiger partial charge >= 0.3 is 5.97 Å². The van der Waals surface area contributed by atoms with Gasteiger partial charge in [-0.25, -0.2) is 14.5 Å². The normalized spacial score (nSPS) is 10.9. The summed E-state index contributed by atoms with van der Waals surface area (Å²) < 4.78 is 3.08. The first-order chi connectivity index (χ1) is 11.6. The molecule has 0 bridgehead atoms.